The van der Waals surface area contributed by atoms with E-state index in [1.54, 1.807) is 6.07 Å². The molecule has 180 valence electrons. The van der Waals surface area contributed by atoms with Crippen LogP contribution in [-0.2, 0) is 13.1 Å². The Bertz CT molecular complexity index is 1370. The number of rotatable bonds is 5. The molecule has 1 aromatic heterocycles. The van der Waals surface area contributed by atoms with Gasteiger partial charge < -0.3 is 9.47 Å². The summed E-state index contributed by atoms with van der Waals surface area (Å²) in [6.45, 7) is 7.72. The molecule has 0 radical (unpaired) electrons. The number of aromatic nitrogens is 1. The summed E-state index contributed by atoms with van der Waals surface area (Å²) in [6, 6.07) is 20.6. The van der Waals surface area contributed by atoms with Crippen molar-refractivity contribution in [2.45, 2.75) is 26.9 Å². The highest BCUT2D eigenvalue weighted by Gasteiger charge is 2.24. The predicted molar refractivity (Wildman–Crippen MR) is 134 cm³/mol. The zero-order chi connectivity index (χ0) is 24.5. The maximum absolute atomic E-state index is 14.0. The monoisotopic (exact) mass is 473 g/mol. The number of nitrogens with zero attached hydrogens (tertiary/aromatic N) is 3. The maximum atomic E-state index is 14.0. The number of aryl methyl sites for hydroxylation is 1. The molecular formula is C29H29F2N3O. The third-order valence-corrected chi connectivity index (χ3v) is 7.15. The van der Waals surface area contributed by atoms with Gasteiger partial charge in [-0.05, 0) is 49.2 Å². The van der Waals surface area contributed by atoms with Gasteiger partial charge in [0.1, 0.15) is 0 Å². The minimum absolute atomic E-state index is 0.0105. The molecule has 1 aliphatic rings. The minimum atomic E-state index is -0.824. The lowest BCUT2D eigenvalue weighted by Crippen LogP contribution is -2.48. The molecule has 3 aromatic carbocycles. The Morgan fingerprint density at radius 1 is 0.857 bits per heavy atom. The van der Waals surface area contributed by atoms with Gasteiger partial charge in [0, 0.05) is 67.0 Å². The molecule has 0 aliphatic carbocycles. The first-order valence-corrected chi connectivity index (χ1v) is 12.0. The average molecular weight is 474 g/mol. The SMILES string of the molecule is Cc1c(C)n(Cc2ccccc2)c2ccc(C(=O)N3CCN(Cc4cccc(F)c4F)CC3)cc12. The van der Waals surface area contributed by atoms with Gasteiger partial charge in [-0.3, -0.25) is 9.69 Å². The van der Waals surface area contributed by atoms with Crippen molar-refractivity contribution in [3.05, 3.63) is 106 Å². The summed E-state index contributed by atoms with van der Waals surface area (Å²) < 4.78 is 29.8. The molecule has 4 nitrogen and oxygen atoms in total. The normalized spacial score (nSPS) is 14.6. The van der Waals surface area contributed by atoms with E-state index in [0.29, 0.717) is 43.9 Å². The van der Waals surface area contributed by atoms with Crippen LogP contribution < -0.4 is 0 Å². The van der Waals surface area contributed by atoms with E-state index < -0.39 is 11.6 Å². The van der Waals surface area contributed by atoms with Gasteiger partial charge in [0.25, 0.3) is 5.91 Å². The summed E-state index contributed by atoms with van der Waals surface area (Å²) in [5, 5.41) is 1.10. The van der Waals surface area contributed by atoms with E-state index in [4.69, 9.17) is 0 Å². The molecule has 1 fully saturated rings. The Labute approximate surface area is 204 Å². The van der Waals surface area contributed by atoms with Crippen LogP contribution in [0.3, 0.4) is 0 Å². The standard InChI is InChI=1S/C29H29F2N3O/c1-20-21(2)34(18-22-7-4-3-5-8-22)27-12-11-23(17-25(20)27)29(35)33-15-13-32(14-16-33)19-24-9-6-10-26(30)28(24)31/h3-12,17H,13-16,18-19H2,1-2H3. The first-order valence-electron chi connectivity index (χ1n) is 12.0. The number of piperazine rings is 1. The van der Waals surface area contributed by atoms with Crippen LogP contribution in [0.25, 0.3) is 10.9 Å². The van der Waals surface area contributed by atoms with E-state index in [1.807, 2.05) is 35.2 Å². The van der Waals surface area contributed by atoms with Gasteiger partial charge in [0.05, 0.1) is 0 Å². The summed E-state index contributed by atoms with van der Waals surface area (Å²) in [5.74, 6) is -1.60. The van der Waals surface area contributed by atoms with E-state index in [9.17, 15) is 13.6 Å². The van der Waals surface area contributed by atoms with Crippen molar-refractivity contribution in [2.24, 2.45) is 0 Å². The molecule has 0 spiro atoms. The van der Waals surface area contributed by atoms with E-state index in [-0.39, 0.29) is 5.91 Å². The number of fused-ring (bicyclic) bond motifs is 1. The van der Waals surface area contributed by atoms with Crippen LogP contribution in [0.4, 0.5) is 8.78 Å². The lowest BCUT2D eigenvalue weighted by molar-refractivity contribution is 0.0627. The Morgan fingerprint density at radius 3 is 2.34 bits per heavy atom. The average Bonchev–Trinajstić information content (AvgIpc) is 3.12. The summed E-state index contributed by atoms with van der Waals surface area (Å²) in [6.07, 6.45) is 0. The third kappa shape index (κ3) is 4.58. The molecule has 1 aliphatic heterocycles. The molecule has 35 heavy (non-hydrogen) atoms. The van der Waals surface area contributed by atoms with Crippen molar-refractivity contribution < 1.29 is 13.6 Å². The Balaban J connectivity index is 1.30. The van der Waals surface area contributed by atoms with Crippen molar-refractivity contribution in [1.29, 1.82) is 0 Å². The summed E-state index contributed by atoms with van der Waals surface area (Å²) in [5.41, 5.74) is 5.79. The number of carbonyl (C=O) groups is 1. The molecule has 0 unspecified atom stereocenters. The van der Waals surface area contributed by atoms with Crippen LogP contribution in [0, 0.1) is 25.5 Å². The van der Waals surface area contributed by atoms with Gasteiger partial charge in [-0.2, -0.15) is 0 Å². The molecule has 1 saturated heterocycles. The van der Waals surface area contributed by atoms with Crippen molar-refractivity contribution in [1.82, 2.24) is 14.4 Å². The number of amides is 1. The van der Waals surface area contributed by atoms with Crippen LogP contribution in [0.1, 0.15) is 32.7 Å². The molecule has 0 saturated carbocycles. The lowest BCUT2D eigenvalue weighted by atomic mass is 10.1. The molecular weight excluding hydrogens is 444 g/mol. The second-order valence-electron chi connectivity index (χ2n) is 9.30. The Hall–Kier alpha value is -3.51. The molecule has 2 heterocycles. The number of hydrogen-bond acceptors (Lipinski definition) is 2. The van der Waals surface area contributed by atoms with Gasteiger partial charge in [-0.25, -0.2) is 8.78 Å². The van der Waals surface area contributed by atoms with Crippen LogP contribution in [0.15, 0.2) is 66.7 Å². The predicted octanol–water partition coefficient (Wildman–Crippen LogP) is 5.54. The first kappa shape index (κ1) is 23.2. The van der Waals surface area contributed by atoms with Gasteiger partial charge in [0.15, 0.2) is 11.6 Å². The van der Waals surface area contributed by atoms with Gasteiger partial charge in [0.2, 0.25) is 0 Å². The highest BCUT2D eigenvalue weighted by atomic mass is 19.2. The van der Waals surface area contributed by atoms with Gasteiger partial charge in [-0.15, -0.1) is 0 Å². The largest absolute Gasteiger partial charge is 0.340 e. The van der Waals surface area contributed by atoms with Crippen molar-refractivity contribution in [2.75, 3.05) is 26.2 Å². The van der Waals surface area contributed by atoms with Crippen molar-refractivity contribution in [3.8, 4) is 0 Å². The molecule has 0 N–H and O–H groups in total. The maximum Gasteiger partial charge on any atom is 0.253 e. The fourth-order valence-electron chi connectivity index (χ4n) is 4.96. The summed E-state index contributed by atoms with van der Waals surface area (Å²) in [4.78, 5) is 17.2. The third-order valence-electron chi connectivity index (χ3n) is 7.15. The molecule has 0 atom stereocenters. The van der Waals surface area contributed by atoms with Gasteiger partial charge >= 0.3 is 0 Å². The topological polar surface area (TPSA) is 28.5 Å². The second-order valence-corrected chi connectivity index (χ2v) is 9.30. The molecule has 4 aromatic rings. The molecule has 0 bridgehead atoms. The zero-order valence-corrected chi connectivity index (χ0v) is 20.1. The van der Waals surface area contributed by atoms with Crippen molar-refractivity contribution in [3.63, 3.8) is 0 Å². The minimum Gasteiger partial charge on any atom is -0.340 e. The van der Waals surface area contributed by atoms with Crippen LogP contribution in [0.5, 0.6) is 0 Å². The van der Waals surface area contributed by atoms with Crippen LogP contribution in [0.2, 0.25) is 0 Å². The molecule has 1 amide bonds. The Morgan fingerprint density at radius 2 is 1.60 bits per heavy atom. The van der Waals surface area contributed by atoms with Crippen LogP contribution >= 0.6 is 0 Å². The highest BCUT2D eigenvalue weighted by Crippen LogP contribution is 2.28. The van der Waals surface area contributed by atoms with E-state index in [2.05, 4.69) is 41.5 Å². The smallest absolute Gasteiger partial charge is 0.253 e. The zero-order valence-electron chi connectivity index (χ0n) is 20.1. The van der Waals surface area contributed by atoms with Crippen LogP contribution in [-0.4, -0.2) is 46.5 Å². The number of halogens is 2. The second kappa shape index (κ2) is 9.62. The lowest BCUT2D eigenvalue weighted by Gasteiger charge is -2.34. The quantitative estimate of drug-likeness (QED) is 0.381. The number of hydrogen-bond donors (Lipinski definition) is 0. The summed E-state index contributed by atoms with van der Waals surface area (Å²) in [7, 11) is 0. The molecule has 6 heteroatoms. The number of benzene rings is 3. The van der Waals surface area contributed by atoms with E-state index in [1.165, 1.54) is 22.9 Å². The fourth-order valence-corrected chi connectivity index (χ4v) is 4.96. The number of carbonyl (C=O) groups excluding carboxylic acids is 1. The summed E-state index contributed by atoms with van der Waals surface area (Å²) >= 11 is 0. The first-order chi connectivity index (χ1) is 16.9. The van der Waals surface area contributed by atoms with Crippen molar-refractivity contribution >= 4 is 16.8 Å². The highest BCUT2D eigenvalue weighted by molar-refractivity contribution is 5.99. The van der Waals surface area contributed by atoms with E-state index >= 15 is 0 Å². The van der Waals surface area contributed by atoms with Gasteiger partial charge in [-0.1, -0.05) is 42.5 Å². The fraction of sp³-hybridized carbons (Fsp3) is 0.276. The molecule has 5 rings (SSSR count). The van der Waals surface area contributed by atoms with E-state index in [0.717, 1.165) is 23.5 Å². The Kier molecular flexibility index (Phi) is 6.39.